The number of fused-ring (bicyclic) bond motifs is 1. The van der Waals surface area contributed by atoms with Crippen LogP contribution in [0.15, 0.2) is 54.7 Å². The zero-order valence-corrected chi connectivity index (χ0v) is 33.2. The lowest BCUT2D eigenvalue weighted by Crippen LogP contribution is -2.40. The van der Waals surface area contributed by atoms with Crippen molar-refractivity contribution in [2.24, 2.45) is 11.8 Å². The summed E-state index contributed by atoms with van der Waals surface area (Å²) in [5, 5.41) is 11.0. The zero-order valence-electron chi connectivity index (χ0n) is 32.4. The van der Waals surface area contributed by atoms with Gasteiger partial charge in [-0.15, -0.1) is 0 Å². The minimum Gasteiger partial charge on any atom is -0.494 e. The number of hydrogen-bond acceptors (Lipinski definition) is 8. The fraction of sp³-hybridized carbons (Fsp3) is 0.463. The summed E-state index contributed by atoms with van der Waals surface area (Å²) in [7, 11) is 2.93. The topological polar surface area (TPSA) is 148 Å². The molecule has 4 aromatic rings. The number of benzene rings is 2. The Bertz CT molecular complexity index is 2100. The normalized spacial score (nSPS) is 17.5. The highest BCUT2D eigenvalue weighted by molar-refractivity contribution is 6.34. The van der Waals surface area contributed by atoms with Gasteiger partial charge >= 0.3 is 12.2 Å². The number of likely N-dealkylation sites (tertiary alicyclic amines) is 1. The number of nitrogens with zero attached hydrogens (tertiary/aromatic N) is 5. The summed E-state index contributed by atoms with van der Waals surface area (Å²) in [5.41, 5.74) is 0.267. The highest BCUT2D eigenvalue weighted by atomic mass is 35.5. The molecule has 0 spiro atoms. The number of nitrogens with one attached hydrogen (secondary N) is 2. The molecule has 0 atom stereocenters. The van der Waals surface area contributed by atoms with Gasteiger partial charge in [0.1, 0.15) is 23.4 Å². The Hall–Kier alpha value is -5.22. The largest absolute Gasteiger partial charge is 0.494 e. The molecule has 13 nitrogen and oxygen atoms in total. The first-order valence-corrected chi connectivity index (χ1v) is 19.8. The molecule has 0 unspecified atom stereocenters. The fourth-order valence-electron chi connectivity index (χ4n) is 7.61. The zero-order chi connectivity index (χ0) is 41.4. The Morgan fingerprint density at radius 3 is 2.47 bits per heavy atom. The van der Waals surface area contributed by atoms with E-state index in [-0.39, 0.29) is 30.6 Å². The van der Waals surface area contributed by atoms with Crippen molar-refractivity contribution in [3.05, 3.63) is 76.7 Å². The second-order valence-electron chi connectivity index (χ2n) is 14.7. The molecule has 1 saturated heterocycles. The molecule has 1 aliphatic carbocycles. The summed E-state index contributed by atoms with van der Waals surface area (Å²) < 4.78 is 53.0. The lowest BCUT2D eigenvalue weighted by molar-refractivity contribution is -0.141. The molecule has 58 heavy (non-hydrogen) atoms. The van der Waals surface area contributed by atoms with Crippen molar-refractivity contribution in [3.63, 3.8) is 0 Å². The summed E-state index contributed by atoms with van der Waals surface area (Å²) >= 11 is 6.40. The van der Waals surface area contributed by atoms with Gasteiger partial charge in [-0.1, -0.05) is 17.7 Å². The maximum atomic E-state index is 13.4. The van der Waals surface area contributed by atoms with Gasteiger partial charge in [-0.3, -0.25) is 19.2 Å². The van der Waals surface area contributed by atoms with Crippen molar-refractivity contribution in [2.75, 3.05) is 57.2 Å². The number of pyridine rings is 1. The minimum absolute atomic E-state index is 0.123. The molecule has 0 bridgehead atoms. The predicted octanol–water partition coefficient (Wildman–Crippen LogP) is 7.79. The number of rotatable bonds is 14. The Balaban J connectivity index is 0.936. The summed E-state index contributed by atoms with van der Waals surface area (Å²) in [6.07, 6.45) is 4.59. The quantitative estimate of drug-likeness (QED) is 0.0968. The highest BCUT2D eigenvalue weighted by Gasteiger charge is 2.33. The van der Waals surface area contributed by atoms with E-state index in [1.807, 2.05) is 15.8 Å². The number of amides is 4. The van der Waals surface area contributed by atoms with E-state index in [0.29, 0.717) is 71.4 Å². The lowest BCUT2D eigenvalue weighted by atomic mass is 9.86. The molecule has 2 aromatic carbocycles. The van der Waals surface area contributed by atoms with Crippen molar-refractivity contribution in [2.45, 2.75) is 63.6 Å². The van der Waals surface area contributed by atoms with E-state index in [0.717, 1.165) is 68.8 Å². The first kappa shape index (κ1) is 42.4. The first-order chi connectivity index (χ1) is 27.9. The van der Waals surface area contributed by atoms with Crippen LogP contribution in [0.3, 0.4) is 0 Å². The van der Waals surface area contributed by atoms with Crippen molar-refractivity contribution in [3.8, 4) is 5.75 Å². The third-order valence-electron chi connectivity index (χ3n) is 10.9. The van der Waals surface area contributed by atoms with E-state index in [9.17, 15) is 32.3 Å². The van der Waals surface area contributed by atoms with Crippen molar-refractivity contribution >= 4 is 58.0 Å². The molecule has 17 heteroatoms. The van der Waals surface area contributed by atoms with E-state index in [1.165, 1.54) is 25.1 Å². The summed E-state index contributed by atoms with van der Waals surface area (Å²) in [5.74, 6) is 0.300. The summed E-state index contributed by atoms with van der Waals surface area (Å²) in [6, 6.07) is 11.2. The van der Waals surface area contributed by atoms with Crippen LogP contribution in [-0.2, 0) is 15.7 Å². The van der Waals surface area contributed by atoms with Crippen LogP contribution >= 0.6 is 11.6 Å². The molecule has 1 saturated carbocycles. The molecule has 6 rings (SSSR count). The van der Waals surface area contributed by atoms with Crippen molar-refractivity contribution in [1.82, 2.24) is 25.0 Å². The summed E-state index contributed by atoms with van der Waals surface area (Å²) in [6.45, 7) is 2.73. The number of anilines is 2. The van der Waals surface area contributed by atoms with E-state index >= 15 is 0 Å². The van der Waals surface area contributed by atoms with Gasteiger partial charge in [0, 0.05) is 69.5 Å². The van der Waals surface area contributed by atoms with Crippen LogP contribution < -0.4 is 20.3 Å². The number of hydrogen-bond donors (Lipinski definition) is 2. The van der Waals surface area contributed by atoms with Crippen LogP contribution in [-0.4, -0.2) is 90.8 Å². The number of urea groups is 1. The third kappa shape index (κ3) is 10.3. The van der Waals surface area contributed by atoms with Gasteiger partial charge in [0.05, 0.1) is 35.1 Å². The molecule has 2 N–H and O–H groups in total. The van der Waals surface area contributed by atoms with Crippen LogP contribution in [0.1, 0.15) is 83.9 Å². The molecular weight excluding hydrogens is 779 g/mol. The highest BCUT2D eigenvalue weighted by Crippen LogP contribution is 2.36. The number of carbonyl (C=O) groups excluding carboxylic acids is 4. The fourth-order valence-corrected chi connectivity index (χ4v) is 7.83. The van der Waals surface area contributed by atoms with Gasteiger partial charge < -0.3 is 29.8 Å². The number of aromatic nitrogens is 3. The lowest BCUT2D eigenvalue weighted by Gasteiger charge is -2.32. The van der Waals surface area contributed by atoms with Gasteiger partial charge in [-0.05, 0) is 93.2 Å². The Morgan fingerprint density at radius 2 is 1.78 bits per heavy atom. The van der Waals surface area contributed by atoms with Crippen LogP contribution in [0.25, 0.3) is 10.9 Å². The monoisotopic (exact) mass is 825 g/mol. The second-order valence-corrected chi connectivity index (χ2v) is 15.1. The number of halogens is 4. The average molecular weight is 826 g/mol. The van der Waals surface area contributed by atoms with E-state index in [4.69, 9.17) is 26.2 Å². The molecule has 2 aromatic heterocycles. The Labute approximate surface area is 339 Å². The van der Waals surface area contributed by atoms with Crippen LogP contribution in [0.4, 0.5) is 29.3 Å². The van der Waals surface area contributed by atoms with Crippen LogP contribution in [0.2, 0.25) is 5.02 Å². The molecule has 3 heterocycles. The van der Waals surface area contributed by atoms with E-state index in [2.05, 4.69) is 15.6 Å². The smallest absolute Gasteiger partial charge is 0.433 e. The predicted molar refractivity (Wildman–Crippen MR) is 212 cm³/mol. The molecule has 2 aliphatic rings. The van der Waals surface area contributed by atoms with Crippen molar-refractivity contribution < 1.29 is 41.8 Å². The van der Waals surface area contributed by atoms with Crippen molar-refractivity contribution in [1.29, 1.82) is 0 Å². The minimum atomic E-state index is -4.67. The molecule has 0 radical (unpaired) electrons. The van der Waals surface area contributed by atoms with Gasteiger partial charge in [0.2, 0.25) is 0 Å². The first-order valence-electron chi connectivity index (χ1n) is 19.4. The molecule has 310 valence electrons. The van der Waals surface area contributed by atoms with Gasteiger partial charge in [0.15, 0.2) is 0 Å². The Kier molecular flexibility index (Phi) is 13.9. The third-order valence-corrected chi connectivity index (χ3v) is 11.2. The number of alkyl halides is 3. The SMILES string of the molecule is CNC(=O)N(CCC=O)c1cc(C(=O)N2CCC(CCOCC3CCC(n4cc5cc(NC(=O)c6cccc(C(F)(F)F)n6)c(OC)cc5n4)CC3)CC2)ccc1Cl. The van der Waals surface area contributed by atoms with Gasteiger partial charge in [0.25, 0.3) is 11.8 Å². The van der Waals surface area contributed by atoms with Gasteiger partial charge in [-0.2, -0.15) is 18.3 Å². The number of carbonyl (C=O) groups is 4. The number of methoxy groups -OCH3 is 1. The van der Waals surface area contributed by atoms with E-state index in [1.54, 1.807) is 30.3 Å². The van der Waals surface area contributed by atoms with E-state index < -0.39 is 23.8 Å². The standard InChI is InChI=1S/C41H47ClF3N7O6/c1-46-40(56)51(16-4-19-53)35-22-28(9-12-31(35)42)39(55)50-17-13-26(14-18-50)15-20-58-25-27-7-10-30(11-8-27)52-24-29-21-34(36(57-2)23-33(29)49-52)48-38(54)32-5-3-6-37(47-32)41(43,44)45/h3,5-6,9,12,19,21-24,26-27,30H,4,7-8,10-11,13-18,20,25H2,1-2H3,(H,46,56)(H,48,54). The van der Waals surface area contributed by atoms with Crippen LogP contribution in [0, 0.1) is 11.8 Å². The Morgan fingerprint density at radius 1 is 1.02 bits per heavy atom. The molecule has 1 aliphatic heterocycles. The van der Waals surface area contributed by atoms with Crippen LogP contribution in [0.5, 0.6) is 5.75 Å². The second kappa shape index (κ2) is 19.0. The molecular formula is C41H47ClF3N7O6. The average Bonchev–Trinajstić information content (AvgIpc) is 3.65. The summed E-state index contributed by atoms with van der Waals surface area (Å²) in [4.78, 5) is 56.4. The number of ether oxygens (including phenoxy) is 2. The number of piperidine rings is 1. The molecule has 2 fully saturated rings. The maximum absolute atomic E-state index is 13.4. The van der Waals surface area contributed by atoms with Gasteiger partial charge in [-0.25, -0.2) is 9.78 Å². The molecule has 4 amide bonds. The maximum Gasteiger partial charge on any atom is 0.433 e. The number of aldehydes is 1.